The van der Waals surface area contributed by atoms with Crippen molar-refractivity contribution in [3.8, 4) is 0 Å². The summed E-state index contributed by atoms with van der Waals surface area (Å²) in [6.07, 6.45) is 25.9. The highest BCUT2D eigenvalue weighted by Gasteiger charge is 2.23. The number of phosphoric acid groups is 1. The fraction of sp³-hybridized carbons (Fsp3) is 0.969. The first kappa shape index (κ1) is 40.5. The predicted octanol–water partition coefficient (Wildman–Crippen LogP) is 7.27. The number of phosphoric ester groups is 1. The van der Waals surface area contributed by atoms with Gasteiger partial charge in [-0.3, -0.25) is 9.36 Å². The SMILES string of the molecule is CCCCCCCCCCCCCCCCCCCCCCC(O)C(COP(=O)([O-])OCC[N+](C)(C)C)NC(C)=O. The molecule has 41 heavy (non-hydrogen) atoms. The van der Waals surface area contributed by atoms with E-state index >= 15 is 0 Å². The summed E-state index contributed by atoms with van der Waals surface area (Å²) in [5.41, 5.74) is 0. The summed E-state index contributed by atoms with van der Waals surface area (Å²) in [6.45, 7) is 3.79. The molecule has 0 spiro atoms. The van der Waals surface area contributed by atoms with E-state index in [0.717, 1.165) is 19.3 Å². The van der Waals surface area contributed by atoms with Crippen molar-refractivity contribution in [2.24, 2.45) is 0 Å². The van der Waals surface area contributed by atoms with Gasteiger partial charge in [0.15, 0.2) is 0 Å². The van der Waals surface area contributed by atoms with E-state index in [9.17, 15) is 19.4 Å². The third kappa shape index (κ3) is 29.4. The molecule has 0 aliphatic heterocycles. The van der Waals surface area contributed by atoms with Crippen molar-refractivity contribution in [2.45, 2.75) is 161 Å². The van der Waals surface area contributed by atoms with Gasteiger partial charge in [0.1, 0.15) is 13.2 Å². The highest BCUT2D eigenvalue weighted by atomic mass is 31.2. The summed E-state index contributed by atoms with van der Waals surface area (Å²) in [4.78, 5) is 23.6. The minimum Gasteiger partial charge on any atom is -0.756 e. The fourth-order valence-corrected chi connectivity index (χ4v) is 5.68. The first-order chi connectivity index (χ1) is 19.5. The summed E-state index contributed by atoms with van der Waals surface area (Å²) in [5.74, 6) is -0.340. The van der Waals surface area contributed by atoms with Gasteiger partial charge in [0, 0.05) is 6.92 Å². The molecule has 2 N–H and O–H groups in total. The average molecular weight is 607 g/mol. The maximum atomic E-state index is 12.1. The Morgan fingerprint density at radius 3 is 1.51 bits per heavy atom. The van der Waals surface area contributed by atoms with Crippen molar-refractivity contribution in [3.05, 3.63) is 0 Å². The number of aliphatic hydroxyl groups is 1. The molecule has 0 rings (SSSR count). The first-order valence-corrected chi connectivity index (χ1v) is 18.3. The average Bonchev–Trinajstić information content (AvgIpc) is 2.88. The second kappa shape index (κ2) is 25.9. The van der Waals surface area contributed by atoms with Crippen LogP contribution in [0.25, 0.3) is 0 Å². The molecule has 0 aliphatic carbocycles. The maximum absolute atomic E-state index is 12.1. The summed E-state index contributed by atoms with van der Waals surface area (Å²) < 4.78 is 22.5. The monoisotopic (exact) mass is 606 g/mol. The van der Waals surface area contributed by atoms with E-state index < -0.39 is 20.0 Å². The molecule has 8 nitrogen and oxygen atoms in total. The highest BCUT2D eigenvalue weighted by Crippen LogP contribution is 2.38. The van der Waals surface area contributed by atoms with Crippen LogP contribution in [0.4, 0.5) is 0 Å². The molecule has 3 unspecified atom stereocenters. The van der Waals surface area contributed by atoms with Gasteiger partial charge in [0.25, 0.3) is 7.82 Å². The summed E-state index contributed by atoms with van der Waals surface area (Å²) >= 11 is 0. The Kier molecular flexibility index (Phi) is 25.6. The van der Waals surface area contributed by atoms with Crippen LogP contribution in [0.2, 0.25) is 0 Å². The number of unbranched alkanes of at least 4 members (excludes halogenated alkanes) is 19. The topological polar surface area (TPSA) is 108 Å². The van der Waals surface area contributed by atoms with Crippen LogP contribution in [0, 0.1) is 0 Å². The molecule has 9 heteroatoms. The number of nitrogens with one attached hydrogen (secondary N) is 1. The number of carbonyl (C=O) groups is 1. The highest BCUT2D eigenvalue weighted by molar-refractivity contribution is 7.45. The Bertz CT molecular complexity index is 659. The van der Waals surface area contributed by atoms with Gasteiger partial charge >= 0.3 is 0 Å². The van der Waals surface area contributed by atoms with Crippen molar-refractivity contribution < 1.29 is 32.9 Å². The summed E-state index contributed by atoms with van der Waals surface area (Å²) in [5, 5.41) is 13.2. The van der Waals surface area contributed by atoms with Crippen LogP contribution in [0.15, 0.2) is 0 Å². The Hall–Kier alpha value is -0.500. The third-order valence-electron chi connectivity index (χ3n) is 7.63. The van der Waals surface area contributed by atoms with Crippen LogP contribution < -0.4 is 10.2 Å². The Balaban J connectivity index is 3.76. The second-order valence-corrected chi connectivity index (χ2v) is 14.4. The summed E-state index contributed by atoms with van der Waals surface area (Å²) in [6, 6.07) is -0.794. The van der Waals surface area contributed by atoms with Gasteiger partial charge in [-0.1, -0.05) is 135 Å². The number of aliphatic hydroxyl groups excluding tert-OH is 1. The van der Waals surface area contributed by atoms with Crippen molar-refractivity contribution in [2.75, 3.05) is 40.9 Å². The van der Waals surface area contributed by atoms with Gasteiger partial charge < -0.3 is 28.8 Å². The van der Waals surface area contributed by atoms with Gasteiger partial charge in [-0.15, -0.1) is 0 Å². The lowest BCUT2D eigenvalue weighted by atomic mass is 10.0. The number of likely N-dealkylation sites (N-methyl/N-ethyl adjacent to an activating group) is 1. The standard InChI is InChI=1S/C32H67N2O6P/c1-6-7-8-9-10-11-12-13-14-15-16-17-18-19-20-21-22-23-24-25-26-32(36)31(33-30(2)35)29-40-41(37,38)39-28-27-34(3,4)5/h31-32,36H,6-29H2,1-5H3,(H-,33,35,37,38). The number of quaternary nitrogens is 1. The number of hydrogen-bond acceptors (Lipinski definition) is 6. The largest absolute Gasteiger partial charge is 0.756 e. The van der Waals surface area contributed by atoms with E-state index in [-0.39, 0.29) is 19.1 Å². The Morgan fingerprint density at radius 2 is 1.15 bits per heavy atom. The van der Waals surface area contributed by atoms with Crippen molar-refractivity contribution in [1.82, 2.24) is 5.32 Å². The molecule has 0 aromatic heterocycles. The second-order valence-electron chi connectivity index (χ2n) is 13.0. The van der Waals surface area contributed by atoms with E-state index in [1.54, 1.807) is 0 Å². The smallest absolute Gasteiger partial charge is 0.268 e. The number of nitrogens with zero attached hydrogens (tertiary/aromatic N) is 1. The van der Waals surface area contributed by atoms with E-state index in [0.29, 0.717) is 17.4 Å². The first-order valence-electron chi connectivity index (χ1n) is 16.8. The molecule has 0 saturated heterocycles. The summed E-state index contributed by atoms with van der Waals surface area (Å²) in [7, 11) is 1.30. The van der Waals surface area contributed by atoms with Crippen molar-refractivity contribution >= 4 is 13.7 Å². The number of rotatable bonds is 30. The van der Waals surface area contributed by atoms with Crippen LogP contribution in [0.5, 0.6) is 0 Å². The molecule has 0 saturated carbocycles. The molecule has 0 aliphatic rings. The molecule has 0 heterocycles. The lowest BCUT2D eigenvalue weighted by molar-refractivity contribution is -0.870. The molecule has 3 atom stereocenters. The molecule has 0 aromatic rings. The van der Waals surface area contributed by atoms with Crippen LogP contribution in [0.3, 0.4) is 0 Å². The van der Waals surface area contributed by atoms with Crippen molar-refractivity contribution in [3.63, 3.8) is 0 Å². The fourth-order valence-electron chi connectivity index (χ4n) is 4.96. The van der Waals surface area contributed by atoms with Crippen LogP contribution in [0.1, 0.15) is 149 Å². The van der Waals surface area contributed by atoms with Gasteiger partial charge in [-0.2, -0.15) is 0 Å². The van der Waals surface area contributed by atoms with Gasteiger partial charge in [-0.05, 0) is 6.42 Å². The Labute approximate surface area is 253 Å². The van der Waals surface area contributed by atoms with E-state index in [1.165, 1.54) is 116 Å². The van der Waals surface area contributed by atoms with Crippen LogP contribution in [-0.4, -0.2) is 68.5 Å². The van der Waals surface area contributed by atoms with Gasteiger partial charge in [0.05, 0.1) is 39.9 Å². The molecule has 0 bridgehead atoms. The predicted molar refractivity (Wildman–Crippen MR) is 169 cm³/mol. The minimum atomic E-state index is -4.51. The van der Waals surface area contributed by atoms with Crippen LogP contribution >= 0.6 is 7.82 Å². The lowest BCUT2D eigenvalue weighted by Crippen LogP contribution is -2.45. The number of amides is 1. The molecule has 246 valence electrons. The molecule has 0 aromatic carbocycles. The third-order valence-corrected chi connectivity index (χ3v) is 8.59. The number of hydrogen-bond donors (Lipinski definition) is 2. The zero-order valence-corrected chi connectivity index (χ0v) is 28.4. The molecular formula is C32H67N2O6P. The zero-order chi connectivity index (χ0) is 30.8. The molecule has 0 fully saturated rings. The maximum Gasteiger partial charge on any atom is 0.268 e. The molecule has 1 amide bonds. The Morgan fingerprint density at radius 1 is 0.756 bits per heavy atom. The van der Waals surface area contributed by atoms with Gasteiger partial charge in [-0.25, -0.2) is 0 Å². The number of carbonyl (C=O) groups excluding carboxylic acids is 1. The van der Waals surface area contributed by atoms with E-state index in [4.69, 9.17) is 9.05 Å². The van der Waals surface area contributed by atoms with E-state index in [1.807, 2.05) is 21.1 Å². The molecule has 0 radical (unpaired) electrons. The zero-order valence-electron chi connectivity index (χ0n) is 27.5. The quantitative estimate of drug-likeness (QED) is 0.0506. The van der Waals surface area contributed by atoms with Crippen molar-refractivity contribution in [1.29, 1.82) is 0 Å². The van der Waals surface area contributed by atoms with E-state index in [2.05, 4.69) is 12.2 Å². The minimum absolute atomic E-state index is 0.0109. The lowest BCUT2D eigenvalue weighted by Gasteiger charge is -2.29. The van der Waals surface area contributed by atoms with Gasteiger partial charge in [0.2, 0.25) is 5.91 Å². The van der Waals surface area contributed by atoms with Crippen LogP contribution in [-0.2, 0) is 18.4 Å². The normalized spacial score (nSPS) is 15.0. The molecular weight excluding hydrogens is 539 g/mol.